The van der Waals surface area contributed by atoms with Crippen LogP contribution in [-0.4, -0.2) is 34.5 Å². The van der Waals surface area contributed by atoms with Crippen LogP contribution >= 0.6 is 23.2 Å². The zero-order valence-electron chi connectivity index (χ0n) is 14.9. The second-order valence-corrected chi connectivity index (χ2v) is 6.89. The highest BCUT2D eigenvalue weighted by molar-refractivity contribution is 6.42. The van der Waals surface area contributed by atoms with Crippen LogP contribution in [0.15, 0.2) is 61.2 Å². The third-order valence-electron chi connectivity index (χ3n) is 4.02. The van der Waals surface area contributed by atoms with Crippen molar-refractivity contribution in [1.29, 1.82) is 0 Å². The summed E-state index contributed by atoms with van der Waals surface area (Å²) >= 11 is 11.7. The standard InChI is InChI=1S/C20H18Cl2N4O2/c21-17-6-5-16(11-18(17)22)20(28)25-8-7-24-19(27)15-3-1-14(2-4-15)12-26-10-9-23-13-26/h1-6,9-11,13H,7-8,12H2,(H,24,27)(H,25,28). The van der Waals surface area contributed by atoms with Crippen molar-refractivity contribution in [3.05, 3.63) is 87.9 Å². The molecule has 144 valence electrons. The van der Waals surface area contributed by atoms with Gasteiger partial charge in [-0.1, -0.05) is 35.3 Å². The van der Waals surface area contributed by atoms with Gasteiger partial charge in [-0.3, -0.25) is 9.59 Å². The molecule has 3 rings (SSSR count). The van der Waals surface area contributed by atoms with Gasteiger partial charge in [-0.25, -0.2) is 4.98 Å². The second kappa shape index (κ2) is 9.39. The van der Waals surface area contributed by atoms with Crippen molar-refractivity contribution in [1.82, 2.24) is 20.2 Å². The van der Waals surface area contributed by atoms with Crippen molar-refractivity contribution in [3.63, 3.8) is 0 Å². The quantitative estimate of drug-likeness (QED) is 0.579. The SMILES string of the molecule is O=C(NCCNC(=O)c1ccc(Cl)c(Cl)c1)c1ccc(Cn2ccnc2)cc1. The molecule has 0 radical (unpaired) electrons. The normalized spacial score (nSPS) is 10.5. The van der Waals surface area contributed by atoms with E-state index < -0.39 is 0 Å². The Labute approximate surface area is 172 Å². The van der Waals surface area contributed by atoms with Crippen molar-refractivity contribution in [2.24, 2.45) is 0 Å². The summed E-state index contributed by atoms with van der Waals surface area (Å²) in [6.45, 7) is 1.30. The van der Waals surface area contributed by atoms with Crippen LogP contribution in [0.4, 0.5) is 0 Å². The summed E-state index contributed by atoms with van der Waals surface area (Å²) in [6.07, 6.45) is 5.35. The molecule has 2 amide bonds. The molecule has 0 fully saturated rings. The van der Waals surface area contributed by atoms with Crippen LogP contribution in [0.5, 0.6) is 0 Å². The van der Waals surface area contributed by atoms with E-state index in [9.17, 15) is 9.59 Å². The van der Waals surface area contributed by atoms with E-state index in [1.165, 1.54) is 6.07 Å². The largest absolute Gasteiger partial charge is 0.350 e. The Morgan fingerprint density at radius 1 is 0.893 bits per heavy atom. The van der Waals surface area contributed by atoms with Gasteiger partial charge in [-0.15, -0.1) is 0 Å². The third-order valence-corrected chi connectivity index (χ3v) is 4.76. The first-order valence-electron chi connectivity index (χ1n) is 8.59. The predicted molar refractivity (Wildman–Crippen MR) is 109 cm³/mol. The molecule has 1 aromatic heterocycles. The predicted octanol–water partition coefficient (Wildman–Crippen LogP) is 3.40. The Morgan fingerprint density at radius 2 is 1.54 bits per heavy atom. The zero-order valence-corrected chi connectivity index (χ0v) is 16.4. The number of imidazole rings is 1. The molecule has 1 heterocycles. The highest BCUT2D eigenvalue weighted by Gasteiger charge is 2.09. The molecule has 0 atom stereocenters. The lowest BCUT2D eigenvalue weighted by molar-refractivity contribution is 0.0927. The smallest absolute Gasteiger partial charge is 0.251 e. The Hall–Kier alpha value is -2.83. The van der Waals surface area contributed by atoms with E-state index in [0.29, 0.717) is 40.8 Å². The molecule has 0 saturated heterocycles. The van der Waals surface area contributed by atoms with Crippen LogP contribution in [0.25, 0.3) is 0 Å². The van der Waals surface area contributed by atoms with Crippen molar-refractivity contribution in [3.8, 4) is 0 Å². The number of hydrogen-bond acceptors (Lipinski definition) is 3. The van der Waals surface area contributed by atoms with Crippen molar-refractivity contribution >= 4 is 35.0 Å². The van der Waals surface area contributed by atoms with Crippen LogP contribution in [0.2, 0.25) is 10.0 Å². The molecule has 8 heteroatoms. The summed E-state index contributed by atoms with van der Waals surface area (Å²) in [6, 6.07) is 12.0. The number of carbonyl (C=O) groups excluding carboxylic acids is 2. The molecule has 2 aromatic carbocycles. The molecular formula is C20H18Cl2N4O2. The van der Waals surface area contributed by atoms with Gasteiger partial charge in [-0.2, -0.15) is 0 Å². The maximum Gasteiger partial charge on any atom is 0.251 e. The minimum absolute atomic E-state index is 0.196. The van der Waals surface area contributed by atoms with Gasteiger partial charge in [0.15, 0.2) is 0 Å². The van der Waals surface area contributed by atoms with E-state index >= 15 is 0 Å². The molecule has 0 spiro atoms. The van der Waals surface area contributed by atoms with Crippen molar-refractivity contribution < 1.29 is 9.59 Å². The van der Waals surface area contributed by atoms with E-state index in [1.54, 1.807) is 36.8 Å². The van der Waals surface area contributed by atoms with E-state index in [1.807, 2.05) is 22.9 Å². The summed E-state index contributed by atoms with van der Waals surface area (Å²) in [5, 5.41) is 6.21. The molecule has 0 saturated carbocycles. The van der Waals surface area contributed by atoms with Crippen molar-refractivity contribution in [2.45, 2.75) is 6.54 Å². The van der Waals surface area contributed by atoms with Crippen LogP contribution in [0, 0.1) is 0 Å². The number of amides is 2. The van der Waals surface area contributed by atoms with Gasteiger partial charge in [0.1, 0.15) is 0 Å². The number of rotatable bonds is 7. The minimum atomic E-state index is -0.281. The number of nitrogens with one attached hydrogen (secondary N) is 2. The number of aromatic nitrogens is 2. The van der Waals surface area contributed by atoms with E-state index in [-0.39, 0.29) is 11.8 Å². The van der Waals surface area contributed by atoms with Crippen LogP contribution in [-0.2, 0) is 6.54 Å². The number of benzene rings is 2. The highest BCUT2D eigenvalue weighted by Crippen LogP contribution is 2.22. The maximum absolute atomic E-state index is 12.2. The summed E-state index contributed by atoms with van der Waals surface area (Å²) in [7, 11) is 0. The number of carbonyl (C=O) groups is 2. The highest BCUT2D eigenvalue weighted by atomic mass is 35.5. The summed E-state index contributed by atoms with van der Waals surface area (Å²) < 4.78 is 1.95. The first kappa shape index (κ1) is 19.9. The second-order valence-electron chi connectivity index (χ2n) is 6.07. The first-order valence-corrected chi connectivity index (χ1v) is 9.34. The summed E-state index contributed by atoms with van der Waals surface area (Å²) in [5.41, 5.74) is 2.04. The molecule has 0 unspecified atom stereocenters. The molecule has 6 nitrogen and oxygen atoms in total. The fraction of sp³-hybridized carbons (Fsp3) is 0.150. The van der Waals surface area contributed by atoms with Gasteiger partial charge in [0, 0.05) is 43.2 Å². The van der Waals surface area contributed by atoms with Crippen molar-refractivity contribution in [2.75, 3.05) is 13.1 Å². The monoisotopic (exact) mass is 416 g/mol. The molecule has 3 aromatic rings. The Bertz CT molecular complexity index is 957. The van der Waals surface area contributed by atoms with E-state index in [0.717, 1.165) is 5.56 Å². The number of halogens is 2. The van der Waals surface area contributed by atoms with Gasteiger partial charge < -0.3 is 15.2 Å². The van der Waals surface area contributed by atoms with E-state index in [2.05, 4.69) is 15.6 Å². The van der Waals surface area contributed by atoms with Crippen LogP contribution in [0.1, 0.15) is 26.3 Å². The van der Waals surface area contributed by atoms with E-state index in [4.69, 9.17) is 23.2 Å². The molecular weight excluding hydrogens is 399 g/mol. The molecule has 0 aliphatic heterocycles. The Balaban J connectivity index is 1.43. The van der Waals surface area contributed by atoms with Gasteiger partial charge in [-0.05, 0) is 35.9 Å². The topological polar surface area (TPSA) is 76.0 Å². The lowest BCUT2D eigenvalue weighted by Crippen LogP contribution is -2.34. The number of hydrogen-bond donors (Lipinski definition) is 2. The summed E-state index contributed by atoms with van der Waals surface area (Å²) in [4.78, 5) is 28.3. The fourth-order valence-electron chi connectivity index (χ4n) is 2.55. The average Bonchev–Trinajstić information content (AvgIpc) is 3.20. The van der Waals surface area contributed by atoms with Gasteiger partial charge in [0.2, 0.25) is 0 Å². The summed E-state index contributed by atoms with van der Waals surface area (Å²) in [5.74, 6) is -0.477. The lowest BCUT2D eigenvalue weighted by atomic mass is 10.1. The molecule has 2 N–H and O–H groups in total. The zero-order chi connectivity index (χ0) is 19.9. The van der Waals surface area contributed by atoms with Gasteiger partial charge in [0.25, 0.3) is 11.8 Å². The van der Waals surface area contributed by atoms with Gasteiger partial charge >= 0.3 is 0 Å². The molecule has 0 aliphatic carbocycles. The minimum Gasteiger partial charge on any atom is -0.350 e. The molecule has 0 aliphatic rings. The maximum atomic E-state index is 12.2. The van der Waals surface area contributed by atoms with Gasteiger partial charge in [0.05, 0.1) is 16.4 Å². The fourth-order valence-corrected chi connectivity index (χ4v) is 2.84. The van der Waals surface area contributed by atoms with Crippen LogP contribution < -0.4 is 10.6 Å². The Kier molecular flexibility index (Phi) is 6.68. The average molecular weight is 417 g/mol. The first-order chi connectivity index (χ1) is 13.5. The Morgan fingerprint density at radius 3 is 2.14 bits per heavy atom. The number of nitrogens with zero attached hydrogens (tertiary/aromatic N) is 2. The van der Waals surface area contributed by atoms with Crippen LogP contribution in [0.3, 0.4) is 0 Å². The third kappa shape index (κ3) is 5.34. The molecule has 0 bridgehead atoms. The molecule has 28 heavy (non-hydrogen) atoms. The lowest BCUT2D eigenvalue weighted by Gasteiger charge is -2.08.